The standard InChI is InChI=1S/C36H40F3N7O5S/c37-26-9-12-46(21-26)52(50,51)42-31-6-5-30(38)33(34(31)39)35(49)29-19-41-36-28(29)17-25(18-40-36)24-1-3-27(4-2-24)45-15-13-44(14-16-45)20-23-7-10-43(11-8-23)22-32(47)48/h1-6,17-19,23,26,42H,7-16,20-22H2,(H,40,41)(H,47,48)/t26-/m1/s1. The van der Waals surface area contributed by atoms with E-state index in [0.29, 0.717) is 22.5 Å². The predicted octanol–water partition coefficient (Wildman–Crippen LogP) is 4.36. The molecule has 0 unspecified atom stereocenters. The number of carboxylic acid groups (broad SMARTS) is 1. The fourth-order valence-corrected chi connectivity index (χ4v) is 8.64. The van der Waals surface area contributed by atoms with Crippen LogP contribution in [-0.2, 0) is 15.0 Å². The molecule has 7 rings (SSSR count). The number of piperidine rings is 1. The first-order chi connectivity index (χ1) is 24.9. The van der Waals surface area contributed by atoms with Gasteiger partial charge >= 0.3 is 16.2 Å². The van der Waals surface area contributed by atoms with Gasteiger partial charge in [-0.25, -0.2) is 18.2 Å². The summed E-state index contributed by atoms with van der Waals surface area (Å²) in [4.78, 5) is 38.8. The largest absolute Gasteiger partial charge is 0.480 e. The van der Waals surface area contributed by atoms with Crippen LogP contribution in [0.4, 0.5) is 24.5 Å². The molecule has 3 N–H and O–H groups in total. The molecule has 0 bridgehead atoms. The van der Waals surface area contributed by atoms with Crippen molar-refractivity contribution in [2.75, 3.05) is 75.1 Å². The van der Waals surface area contributed by atoms with Crippen molar-refractivity contribution in [2.45, 2.75) is 25.4 Å². The topological polar surface area (TPSA) is 142 Å². The summed E-state index contributed by atoms with van der Waals surface area (Å²) < 4.78 is 72.6. The lowest BCUT2D eigenvalue weighted by Gasteiger charge is -2.39. The first kappa shape index (κ1) is 35.9. The number of nitrogens with zero attached hydrogens (tertiary/aromatic N) is 5. The van der Waals surface area contributed by atoms with Crippen LogP contribution in [0.25, 0.3) is 22.2 Å². The van der Waals surface area contributed by atoms with Crippen molar-refractivity contribution in [3.63, 3.8) is 0 Å². The van der Waals surface area contributed by atoms with Gasteiger partial charge in [0.1, 0.15) is 17.6 Å². The number of anilines is 2. The average molecular weight is 740 g/mol. The van der Waals surface area contributed by atoms with E-state index in [2.05, 4.69) is 19.8 Å². The Morgan fingerprint density at radius 1 is 0.923 bits per heavy atom. The molecule has 1 atom stereocenters. The number of H-pyrrole nitrogens is 1. The molecule has 276 valence electrons. The van der Waals surface area contributed by atoms with Gasteiger partial charge in [0.2, 0.25) is 5.78 Å². The van der Waals surface area contributed by atoms with Crippen LogP contribution in [0.15, 0.2) is 54.9 Å². The van der Waals surface area contributed by atoms with Crippen LogP contribution in [0.3, 0.4) is 0 Å². The third-order valence-corrected chi connectivity index (χ3v) is 11.8. The van der Waals surface area contributed by atoms with Gasteiger partial charge in [0.05, 0.1) is 17.8 Å². The number of pyridine rings is 1. The van der Waals surface area contributed by atoms with Gasteiger partial charge in [-0.2, -0.15) is 12.7 Å². The highest BCUT2D eigenvalue weighted by Gasteiger charge is 2.33. The van der Waals surface area contributed by atoms with Gasteiger partial charge in [-0.3, -0.25) is 24.1 Å². The zero-order chi connectivity index (χ0) is 36.6. The predicted molar refractivity (Wildman–Crippen MR) is 190 cm³/mol. The third-order valence-electron chi connectivity index (χ3n) is 10.3. The van der Waals surface area contributed by atoms with Gasteiger partial charge in [-0.05, 0) is 74.2 Å². The summed E-state index contributed by atoms with van der Waals surface area (Å²) in [5, 5.41) is 9.38. The maximum Gasteiger partial charge on any atom is 0.317 e. The van der Waals surface area contributed by atoms with E-state index < -0.39 is 51.0 Å². The monoisotopic (exact) mass is 739 g/mol. The highest BCUT2D eigenvalue weighted by molar-refractivity contribution is 7.90. The van der Waals surface area contributed by atoms with E-state index in [4.69, 9.17) is 5.11 Å². The summed E-state index contributed by atoms with van der Waals surface area (Å²) in [6.45, 7) is 5.97. The number of aromatic amines is 1. The molecule has 3 fully saturated rings. The molecule has 4 aromatic rings. The van der Waals surface area contributed by atoms with Gasteiger partial charge in [-0.15, -0.1) is 0 Å². The number of carboxylic acids is 1. The summed E-state index contributed by atoms with van der Waals surface area (Å²) in [6.07, 6.45) is 3.66. The van der Waals surface area contributed by atoms with Crippen molar-refractivity contribution in [2.24, 2.45) is 5.92 Å². The van der Waals surface area contributed by atoms with Crippen molar-refractivity contribution in [3.05, 3.63) is 77.6 Å². The maximum atomic E-state index is 15.6. The number of aromatic nitrogens is 2. The van der Waals surface area contributed by atoms with E-state index in [1.807, 2.05) is 33.9 Å². The Hall–Kier alpha value is -4.51. The van der Waals surface area contributed by atoms with Crippen molar-refractivity contribution in [1.29, 1.82) is 0 Å². The number of fused-ring (bicyclic) bond motifs is 1. The lowest BCUT2D eigenvalue weighted by Crippen LogP contribution is -2.49. The SMILES string of the molecule is O=C(O)CN1CCC(CN2CCN(c3ccc(-c4cnc5[nH]cc(C(=O)c6c(F)ccc(NS(=O)(=O)N7CC[C@@H](F)C7)c6F)c5c4)cc3)CC2)CC1. The molecule has 0 spiro atoms. The summed E-state index contributed by atoms with van der Waals surface area (Å²) in [5.41, 5.74) is 1.34. The first-order valence-electron chi connectivity index (χ1n) is 17.4. The molecular formula is C36H40F3N7O5S. The number of aliphatic carboxylic acids is 1. The van der Waals surface area contributed by atoms with Crippen molar-refractivity contribution >= 4 is 44.4 Å². The number of likely N-dealkylation sites (tertiary alicyclic amines) is 1. The van der Waals surface area contributed by atoms with E-state index in [1.54, 1.807) is 12.3 Å². The number of carbonyl (C=O) groups is 2. The van der Waals surface area contributed by atoms with E-state index in [9.17, 15) is 22.4 Å². The molecule has 3 saturated heterocycles. The molecule has 3 aliphatic rings. The van der Waals surface area contributed by atoms with E-state index in [1.165, 1.54) is 6.20 Å². The maximum absolute atomic E-state index is 15.6. The van der Waals surface area contributed by atoms with Crippen molar-refractivity contribution < 1.29 is 36.3 Å². The number of benzene rings is 2. The molecule has 2 aromatic carbocycles. The second-order valence-corrected chi connectivity index (χ2v) is 15.4. The summed E-state index contributed by atoms with van der Waals surface area (Å²) in [5.74, 6) is -3.73. The Kier molecular flexibility index (Phi) is 10.2. The number of piperazine rings is 1. The first-order valence-corrected chi connectivity index (χ1v) is 18.8. The van der Waals surface area contributed by atoms with Crippen LogP contribution in [-0.4, -0.2) is 121 Å². The van der Waals surface area contributed by atoms with Gasteiger partial charge in [0, 0.05) is 80.4 Å². The molecule has 12 nitrogen and oxygen atoms in total. The Balaban J connectivity index is 1.01. The van der Waals surface area contributed by atoms with Crippen LogP contribution in [0.1, 0.15) is 35.2 Å². The fourth-order valence-electron chi connectivity index (χ4n) is 7.37. The number of nitrogens with one attached hydrogen (secondary N) is 2. The molecule has 16 heteroatoms. The molecule has 0 amide bonds. The van der Waals surface area contributed by atoms with Crippen LogP contribution in [0, 0.1) is 17.6 Å². The number of hydrogen-bond acceptors (Lipinski definition) is 8. The van der Waals surface area contributed by atoms with Gasteiger partial charge < -0.3 is 15.0 Å². The van der Waals surface area contributed by atoms with Crippen molar-refractivity contribution in [1.82, 2.24) is 24.1 Å². The molecule has 0 aliphatic carbocycles. The molecule has 5 heterocycles. The fraction of sp³-hybridized carbons (Fsp3) is 0.417. The minimum absolute atomic E-state index is 0.00987. The van der Waals surface area contributed by atoms with Crippen molar-refractivity contribution in [3.8, 4) is 11.1 Å². The van der Waals surface area contributed by atoms with Gasteiger partial charge in [0.15, 0.2) is 5.82 Å². The lowest BCUT2D eigenvalue weighted by atomic mass is 9.96. The normalized spacial score (nSPS) is 19.8. The van der Waals surface area contributed by atoms with Gasteiger partial charge in [0.25, 0.3) is 0 Å². The highest BCUT2D eigenvalue weighted by atomic mass is 32.2. The highest BCUT2D eigenvalue weighted by Crippen LogP contribution is 2.31. The summed E-state index contributed by atoms with van der Waals surface area (Å²) in [6, 6.07) is 11.4. The Morgan fingerprint density at radius 3 is 2.33 bits per heavy atom. The van der Waals surface area contributed by atoms with Crippen LogP contribution in [0.2, 0.25) is 0 Å². The molecule has 52 heavy (non-hydrogen) atoms. The van der Waals surface area contributed by atoms with Crippen LogP contribution >= 0.6 is 0 Å². The van der Waals surface area contributed by atoms with E-state index >= 15 is 8.78 Å². The zero-order valence-corrected chi connectivity index (χ0v) is 29.2. The minimum Gasteiger partial charge on any atom is -0.480 e. The third kappa shape index (κ3) is 7.65. The molecule has 3 aliphatic heterocycles. The number of rotatable bonds is 11. The summed E-state index contributed by atoms with van der Waals surface area (Å²) in [7, 11) is -4.34. The Labute approximate surface area is 299 Å². The second kappa shape index (κ2) is 14.8. The molecule has 0 radical (unpaired) electrons. The second-order valence-electron chi connectivity index (χ2n) is 13.7. The number of halogens is 3. The zero-order valence-electron chi connectivity index (χ0n) is 28.4. The summed E-state index contributed by atoms with van der Waals surface area (Å²) >= 11 is 0. The van der Waals surface area contributed by atoms with Gasteiger partial charge in [-0.1, -0.05) is 12.1 Å². The average Bonchev–Trinajstić information content (AvgIpc) is 3.77. The van der Waals surface area contributed by atoms with E-state index in [0.717, 1.165) is 86.3 Å². The Bertz CT molecular complexity index is 2060. The van der Waals surface area contributed by atoms with Crippen LogP contribution in [0.5, 0.6) is 0 Å². The van der Waals surface area contributed by atoms with Crippen LogP contribution < -0.4 is 9.62 Å². The van der Waals surface area contributed by atoms with E-state index in [-0.39, 0.29) is 31.6 Å². The molecule has 2 aromatic heterocycles. The number of ketones is 1. The molecule has 0 saturated carbocycles. The molecular weight excluding hydrogens is 700 g/mol. The quantitative estimate of drug-likeness (QED) is 0.192. The number of carbonyl (C=O) groups excluding carboxylic acids is 1. The minimum atomic E-state index is -4.34. The number of alkyl halides is 1. The smallest absolute Gasteiger partial charge is 0.317 e. The number of hydrogen-bond donors (Lipinski definition) is 3. The Morgan fingerprint density at radius 2 is 1.65 bits per heavy atom. The lowest BCUT2D eigenvalue weighted by molar-refractivity contribution is -0.138.